The number of nitrogens with zero attached hydrogens (tertiary/aromatic N) is 1. The van der Waals surface area contributed by atoms with Crippen LogP contribution in [0.1, 0.15) is 32.1 Å². The van der Waals surface area contributed by atoms with Gasteiger partial charge in [0.2, 0.25) is 0 Å². The van der Waals surface area contributed by atoms with Gasteiger partial charge in [-0.1, -0.05) is 0 Å². The summed E-state index contributed by atoms with van der Waals surface area (Å²) in [5.41, 5.74) is 0. The first kappa shape index (κ1) is 14.1. The van der Waals surface area contributed by atoms with Crippen LogP contribution in [-0.2, 0) is 9.53 Å². The van der Waals surface area contributed by atoms with E-state index in [0.29, 0.717) is 19.0 Å². The van der Waals surface area contributed by atoms with Crippen molar-refractivity contribution < 1.29 is 19.4 Å². The summed E-state index contributed by atoms with van der Waals surface area (Å²) in [4.78, 5) is 24.7. The summed E-state index contributed by atoms with van der Waals surface area (Å²) in [5, 5.41) is 11.7. The van der Waals surface area contributed by atoms with Gasteiger partial charge in [0, 0.05) is 26.2 Å². The number of carboxylic acids is 1. The number of carbonyl (C=O) groups is 2. The number of aliphatic carboxylic acids is 1. The van der Waals surface area contributed by atoms with E-state index in [1.165, 1.54) is 0 Å². The molecule has 0 aromatic carbocycles. The number of rotatable bonds is 5. The molecule has 0 radical (unpaired) electrons. The molecule has 2 N–H and O–H groups in total. The highest BCUT2D eigenvalue weighted by atomic mass is 16.5. The van der Waals surface area contributed by atoms with Crippen molar-refractivity contribution in [2.75, 3.05) is 20.2 Å². The highest BCUT2D eigenvalue weighted by Gasteiger charge is 2.35. The van der Waals surface area contributed by atoms with Crippen LogP contribution < -0.4 is 5.32 Å². The van der Waals surface area contributed by atoms with Gasteiger partial charge in [-0.3, -0.25) is 4.79 Å². The van der Waals surface area contributed by atoms with Crippen LogP contribution in [0.4, 0.5) is 4.79 Å². The highest BCUT2D eigenvalue weighted by molar-refractivity contribution is 5.76. The molecule has 1 saturated carbocycles. The second-order valence-corrected chi connectivity index (χ2v) is 5.41. The number of methoxy groups -OCH3 is 1. The van der Waals surface area contributed by atoms with E-state index < -0.39 is 5.97 Å². The molecular formula is C13H22N2O4. The first-order valence-electron chi connectivity index (χ1n) is 6.90. The fraction of sp³-hybridized carbons (Fsp3) is 0.846. The summed E-state index contributed by atoms with van der Waals surface area (Å²) in [6, 6.07) is -0.349. The maximum absolute atomic E-state index is 12.1. The van der Waals surface area contributed by atoms with Gasteiger partial charge in [-0.2, -0.15) is 0 Å². The van der Waals surface area contributed by atoms with Crippen molar-refractivity contribution >= 4 is 12.0 Å². The van der Waals surface area contributed by atoms with Crippen LogP contribution in [0.3, 0.4) is 0 Å². The molecule has 19 heavy (non-hydrogen) atoms. The molecule has 0 aromatic heterocycles. The smallest absolute Gasteiger partial charge is 0.317 e. The zero-order valence-electron chi connectivity index (χ0n) is 11.3. The average Bonchev–Trinajstić information content (AvgIpc) is 3.21. The molecule has 2 amide bonds. The number of hydrogen-bond donors (Lipinski definition) is 2. The number of ether oxygens (including phenoxy) is 1. The van der Waals surface area contributed by atoms with Crippen molar-refractivity contribution in [3.8, 4) is 0 Å². The van der Waals surface area contributed by atoms with Crippen molar-refractivity contribution in [3.63, 3.8) is 0 Å². The fourth-order valence-corrected chi connectivity index (χ4v) is 2.57. The molecule has 2 rings (SSSR count). The maximum Gasteiger partial charge on any atom is 0.317 e. The van der Waals surface area contributed by atoms with Crippen molar-refractivity contribution in [1.29, 1.82) is 0 Å². The van der Waals surface area contributed by atoms with Gasteiger partial charge in [-0.05, 0) is 31.6 Å². The van der Waals surface area contributed by atoms with Crippen LogP contribution in [-0.4, -0.2) is 54.4 Å². The Balaban J connectivity index is 1.80. The molecule has 1 aliphatic heterocycles. The van der Waals surface area contributed by atoms with Crippen molar-refractivity contribution in [2.24, 2.45) is 5.92 Å². The fourth-order valence-electron chi connectivity index (χ4n) is 2.57. The second kappa shape index (κ2) is 6.23. The molecule has 2 aliphatic rings. The zero-order valence-corrected chi connectivity index (χ0v) is 11.3. The molecule has 0 aromatic rings. The number of urea groups is 1. The van der Waals surface area contributed by atoms with Gasteiger partial charge in [0.15, 0.2) is 0 Å². The minimum absolute atomic E-state index is 0.0188. The SMILES string of the molecule is COC1CCN(C(=O)NC(CC(=O)O)C2CC2)CC1. The first-order chi connectivity index (χ1) is 9.10. The molecule has 0 spiro atoms. The standard InChI is InChI=1S/C13H22N2O4/c1-19-10-4-6-15(7-5-10)13(18)14-11(8-12(16)17)9-2-3-9/h9-11H,2-8H2,1H3,(H,14,18)(H,16,17). The summed E-state index contributed by atoms with van der Waals surface area (Å²) in [7, 11) is 1.69. The molecular weight excluding hydrogens is 248 g/mol. The molecule has 6 heteroatoms. The Hall–Kier alpha value is -1.30. The number of carbonyl (C=O) groups excluding carboxylic acids is 1. The number of nitrogens with one attached hydrogen (secondary N) is 1. The minimum Gasteiger partial charge on any atom is -0.481 e. The third kappa shape index (κ3) is 4.09. The van der Waals surface area contributed by atoms with Gasteiger partial charge in [-0.25, -0.2) is 4.79 Å². The molecule has 1 aliphatic carbocycles. The van der Waals surface area contributed by atoms with E-state index in [4.69, 9.17) is 9.84 Å². The molecule has 0 bridgehead atoms. The second-order valence-electron chi connectivity index (χ2n) is 5.41. The molecule has 2 fully saturated rings. The number of piperidine rings is 1. The molecule has 1 atom stereocenters. The Kier molecular flexibility index (Phi) is 4.63. The lowest BCUT2D eigenvalue weighted by Crippen LogP contribution is -2.49. The summed E-state index contributed by atoms with van der Waals surface area (Å²) < 4.78 is 5.27. The predicted molar refractivity (Wildman–Crippen MR) is 68.9 cm³/mol. The quantitative estimate of drug-likeness (QED) is 0.783. The normalized spacial score (nSPS) is 22.1. The lowest BCUT2D eigenvalue weighted by molar-refractivity contribution is -0.137. The van der Waals surface area contributed by atoms with E-state index in [1.54, 1.807) is 12.0 Å². The summed E-state index contributed by atoms with van der Waals surface area (Å²) in [6.45, 7) is 1.35. The van der Waals surface area contributed by atoms with Crippen molar-refractivity contribution in [1.82, 2.24) is 10.2 Å². The van der Waals surface area contributed by atoms with Crippen LogP contribution in [0.25, 0.3) is 0 Å². The molecule has 1 heterocycles. The first-order valence-corrected chi connectivity index (χ1v) is 6.90. The number of likely N-dealkylation sites (tertiary alicyclic amines) is 1. The Labute approximate surface area is 113 Å². The monoisotopic (exact) mass is 270 g/mol. The van der Waals surface area contributed by atoms with Gasteiger partial charge >= 0.3 is 12.0 Å². The summed E-state index contributed by atoms with van der Waals surface area (Å²) in [6.07, 6.45) is 3.98. The zero-order chi connectivity index (χ0) is 13.8. The number of amides is 2. The van der Waals surface area contributed by atoms with Gasteiger partial charge in [0.25, 0.3) is 0 Å². The molecule has 108 valence electrons. The summed E-state index contributed by atoms with van der Waals surface area (Å²) >= 11 is 0. The van der Waals surface area contributed by atoms with Gasteiger partial charge in [-0.15, -0.1) is 0 Å². The Morgan fingerprint density at radius 2 is 1.95 bits per heavy atom. The Bertz CT molecular complexity index is 336. The molecule has 6 nitrogen and oxygen atoms in total. The predicted octanol–water partition coefficient (Wildman–Crippen LogP) is 1.06. The lowest BCUT2D eigenvalue weighted by atomic mass is 10.1. The van der Waals surface area contributed by atoms with Crippen LogP contribution >= 0.6 is 0 Å². The molecule has 1 unspecified atom stereocenters. The van der Waals surface area contributed by atoms with Gasteiger partial charge in [0.05, 0.1) is 12.5 Å². The van der Waals surface area contributed by atoms with Crippen LogP contribution in [0, 0.1) is 5.92 Å². The maximum atomic E-state index is 12.1. The number of carboxylic acid groups (broad SMARTS) is 1. The Morgan fingerprint density at radius 3 is 2.42 bits per heavy atom. The third-order valence-corrected chi connectivity index (χ3v) is 3.96. The van der Waals surface area contributed by atoms with Crippen LogP contribution in [0.2, 0.25) is 0 Å². The van der Waals surface area contributed by atoms with Crippen molar-refractivity contribution in [2.45, 2.75) is 44.2 Å². The van der Waals surface area contributed by atoms with Crippen LogP contribution in [0.5, 0.6) is 0 Å². The largest absolute Gasteiger partial charge is 0.481 e. The van der Waals surface area contributed by atoms with Crippen LogP contribution in [0.15, 0.2) is 0 Å². The third-order valence-electron chi connectivity index (χ3n) is 3.96. The lowest BCUT2D eigenvalue weighted by Gasteiger charge is -2.32. The van der Waals surface area contributed by atoms with E-state index in [9.17, 15) is 9.59 Å². The highest BCUT2D eigenvalue weighted by Crippen LogP contribution is 2.34. The minimum atomic E-state index is -0.852. The van der Waals surface area contributed by atoms with E-state index in [-0.39, 0.29) is 24.6 Å². The molecule has 1 saturated heterocycles. The van der Waals surface area contributed by atoms with E-state index in [2.05, 4.69) is 5.32 Å². The van der Waals surface area contributed by atoms with Gasteiger partial charge < -0.3 is 20.1 Å². The summed E-state index contributed by atoms with van der Waals surface area (Å²) in [5.74, 6) is -0.508. The van der Waals surface area contributed by atoms with E-state index in [0.717, 1.165) is 25.7 Å². The Morgan fingerprint density at radius 1 is 1.32 bits per heavy atom. The number of hydrogen-bond acceptors (Lipinski definition) is 3. The average molecular weight is 270 g/mol. The topological polar surface area (TPSA) is 78.9 Å². The van der Waals surface area contributed by atoms with E-state index in [1.807, 2.05) is 0 Å². The van der Waals surface area contributed by atoms with Crippen molar-refractivity contribution in [3.05, 3.63) is 0 Å². The van der Waals surface area contributed by atoms with E-state index >= 15 is 0 Å². The van der Waals surface area contributed by atoms with Gasteiger partial charge in [0.1, 0.15) is 0 Å².